The number of amides is 1. The normalized spacial score (nSPS) is 11.1. The highest BCUT2D eigenvalue weighted by molar-refractivity contribution is 6.31. The van der Waals surface area contributed by atoms with Crippen molar-refractivity contribution in [2.75, 3.05) is 5.32 Å². The Kier molecular flexibility index (Phi) is 5.52. The van der Waals surface area contributed by atoms with E-state index < -0.39 is 0 Å². The molecular weight excluding hydrogens is 358 g/mol. The first-order valence-corrected chi connectivity index (χ1v) is 9.14. The maximum absolute atomic E-state index is 12.3. The van der Waals surface area contributed by atoms with E-state index in [9.17, 15) is 4.79 Å². The molecule has 0 aliphatic rings. The number of carbonyl (C=O) groups excluding carboxylic acids is 1. The second-order valence-corrected chi connectivity index (χ2v) is 7.17. The fraction of sp³-hybridized carbons (Fsp3) is 0.174. The van der Waals surface area contributed by atoms with Gasteiger partial charge in [-0.3, -0.25) is 4.79 Å². The average Bonchev–Trinajstić information content (AvgIpc) is 3.07. The first-order chi connectivity index (χ1) is 12.8. The predicted octanol–water partition coefficient (Wildman–Crippen LogP) is 6.49. The van der Waals surface area contributed by atoms with Crippen LogP contribution in [-0.2, 0) is 4.79 Å². The van der Waals surface area contributed by atoms with Gasteiger partial charge in [-0.1, -0.05) is 41.4 Å². The van der Waals surface area contributed by atoms with Crippen LogP contribution >= 0.6 is 11.6 Å². The lowest BCUT2D eigenvalue weighted by Gasteiger charge is -2.11. The van der Waals surface area contributed by atoms with Crippen LogP contribution in [0.1, 0.15) is 28.0 Å². The van der Waals surface area contributed by atoms with Gasteiger partial charge >= 0.3 is 0 Å². The summed E-state index contributed by atoms with van der Waals surface area (Å²) in [6, 6.07) is 13.6. The van der Waals surface area contributed by atoms with Crippen LogP contribution < -0.4 is 5.32 Å². The van der Waals surface area contributed by atoms with E-state index in [-0.39, 0.29) is 5.91 Å². The fourth-order valence-corrected chi connectivity index (χ4v) is 3.22. The van der Waals surface area contributed by atoms with E-state index in [1.165, 1.54) is 11.6 Å². The molecule has 1 amide bonds. The Bertz CT molecular complexity index is 1010. The quantitative estimate of drug-likeness (QED) is 0.526. The van der Waals surface area contributed by atoms with Gasteiger partial charge in [-0.05, 0) is 68.7 Å². The van der Waals surface area contributed by atoms with Gasteiger partial charge in [0.1, 0.15) is 11.5 Å². The van der Waals surface area contributed by atoms with Crippen molar-refractivity contribution in [1.82, 2.24) is 0 Å². The zero-order valence-corrected chi connectivity index (χ0v) is 16.6. The zero-order valence-electron chi connectivity index (χ0n) is 15.9. The third kappa shape index (κ3) is 4.50. The average molecular weight is 380 g/mol. The molecule has 0 unspecified atom stereocenters. The number of hydrogen-bond donors (Lipinski definition) is 1. The van der Waals surface area contributed by atoms with Crippen LogP contribution in [0.5, 0.6) is 0 Å². The minimum atomic E-state index is -0.193. The molecule has 0 saturated carbocycles. The Morgan fingerprint density at radius 1 is 0.963 bits per heavy atom. The molecule has 3 aromatic rings. The van der Waals surface area contributed by atoms with Gasteiger partial charge in [0, 0.05) is 22.3 Å². The summed E-state index contributed by atoms with van der Waals surface area (Å²) in [5.74, 6) is 1.12. The van der Waals surface area contributed by atoms with Crippen molar-refractivity contribution in [3.05, 3.63) is 81.6 Å². The van der Waals surface area contributed by atoms with Gasteiger partial charge in [-0.2, -0.15) is 0 Å². The van der Waals surface area contributed by atoms with Crippen molar-refractivity contribution in [2.45, 2.75) is 27.7 Å². The van der Waals surface area contributed by atoms with Crippen molar-refractivity contribution in [3.8, 4) is 11.3 Å². The number of benzene rings is 2. The van der Waals surface area contributed by atoms with Crippen molar-refractivity contribution < 1.29 is 9.21 Å². The minimum Gasteiger partial charge on any atom is -0.457 e. The third-order valence-electron chi connectivity index (χ3n) is 4.41. The molecule has 0 spiro atoms. The maximum Gasteiger partial charge on any atom is 0.248 e. The van der Waals surface area contributed by atoms with Crippen LogP contribution in [0.4, 0.5) is 5.69 Å². The van der Waals surface area contributed by atoms with Crippen LogP contribution in [0, 0.1) is 27.7 Å². The molecule has 0 atom stereocenters. The summed E-state index contributed by atoms with van der Waals surface area (Å²) in [6.45, 7) is 7.98. The molecule has 1 N–H and O–H groups in total. The van der Waals surface area contributed by atoms with Gasteiger partial charge < -0.3 is 9.73 Å². The maximum atomic E-state index is 12.3. The molecular formula is C23H22ClNO2. The molecule has 1 aromatic heterocycles. The van der Waals surface area contributed by atoms with Crippen molar-refractivity contribution in [3.63, 3.8) is 0 Å². The van der Waals surface area contributed by atoms with Gasteiger partial charge in [0.2, 0.25) is 5.91 Å². The number of furan rings is 1. The summed E-state index contributed by atoms with van der Waals surface area (Å²) >= 11 is 6.18. The minimum absolute atomic E-state index is 0.193. The van der Waals surface area contributed by atoms with E-state index >= 15 is 0 Å². The van der Waals surface area contributed by atoms with E-state index in [0.717, 1.165) is 27.9 Å². The summed E-state index contributed by atoms with van der Waals surface area (Å²) in [6.07, 6.45) is 3.14. The molecule has 0 radical (unpaired) electrons. The second kappa shape index (κ2) is 7.85. The molecule has 0 aliphatic heterocycles. The lowest BCUT2D eigenvalue weighted by molar-refractivity contribution is -0.111. The number of aryl methyl sites for hydroxylation is 4. The Hall–Kier alpha value is -2.78. The predicted molar refractivity (Wildman–Crippen MR) is 112 cm³/mol. The molecule has 0 saturated heterocycles. The van der Waals surface area contributed by atoms with E-state index in [0.29, 0.717) is 16.5 Å². The monoisotopic (exact) mass is 379 g/mol. The highest BCUT2D eigenvalue weighted by atomic mass is 35.5. The van der Waals surface area contributed by atoms with Gasteiger partial charge in [0.25, 0.3) is 0 Å². The first-order valence-electron chi connectivity index (χ1n) is 8.77. The Balaban J connectivity index is 1.72. The second-order valence-electron chi connectivity index (χ2n) is 6.76. The number of halogens is 1. The molecule has 0 fully saturated rings. The Morgan fingerprint density at radius 2 is 1.67 bits per heavy atom. The molecule has 0 aliphatic carbocycles. The van der Waals surface area contributed by atoms with E-state index in [2.05, 4.69) is 17.4 Å². The van der Waals surface area contributed by atoms with Crippen LogP contribution in [0.25, 0.3) is 17.4 Å². The number of rotatable bonds is 4. The van der Waals surface area contributed by atoms with E-state index in [1.807, 2.05) is 58.0 Å². The van der Waals surface area contributed by atoms with Gasteiger partial charge in [-0.25, -0.2) is 0 Å². The SMILES string of the molecule is Cc1cc(C)c(NC(=O)/C=C/c2ccc(-c3ccc(C)c(Cl)c3)o2)c(C)c1. The Morgan fingerprint density at radius 3 is 2.33 bits per heavy atom. The molecule has 3 rings (SSSR count). The number of hydrogen-bond acceptors (Lipinski definition) is 2. The fourth-order valence-electron chi connectivity index (χ4n) is 3.04. The molecule has 3 nitrogen and oxygen atoms in total. The molecule has 0 bridgehead atoms. The summed E-state index contributed by atoms with van der Waals surface area (Å²) in [5, 5.41) is 3.64. The topological polar surface area (TPSA) is 42.2 Å². The molecule has 2 aromatic carbocycles. The third-order valence-corrected chi connectivity index (χ3v) is 4.81. The number of carbonyl (C=O) groups is 1. The largest absolute Gasteiger partial charge is 0.457 e. The smallest absolute Gasteiger partial charge is 0.248 e. The standard InChI is InChI=1S/C23H22ClNO2/c1-14-11-16(3)23(17(4)12-14)25-22(26)10-8-19-7-9-21(27-19)18-6-5-15(2)20(24)13-18/h5-13H,1-4H3,(H,25,26)/b10-8+. The van der Waals surface area contributed by atoms with E-state index in [1.54, 1.807) is 6.08 Å². The molecule has 1 heterocycles. The summed E-state index contributed by atoms with van der Waals surface area (Å²) in [7, 11) is 0. The highest BCUT2D eigenvalue weighted by Crippen LogP contribution is 2.27. The zero-order chi connectivity index (χ0) is 19.6. The highest BCUT2D eigenvalue weighted by Gasteiger charge is 2.08. The summed E-state index contributed by atoms with van der Waals surface area (Å²) in [4.78, 5) is 12.3. The Labute approximate surface area is 164 Å². The van der Waals surface area contributed by atoms with E-state index in [4.69, 9.17) is 16.0 Å². The lowest BCUT2D eigenvalue weighted by atomic mass is 10.1. The number of anilines is 1. The summed E-state index contributed by atoms with van der Waals surface area (Å²) in [5.41, 5.74) is 6.05. The van der Waals surface area contributed by atoms with Gasteiger partial charge in [0.05, 0.1) is 0 Å². The van der Waals surface area contributed by atoms with Gasteiger partial charge in [-0.15, -0.1) is 0 Å². The van der Waals surface area contributed by atoms with Crippen LogP contribution in [0.3, 0.4) is 0 Å². The molecule has 138 valence electrons. The number of nitrogens with one attached hydrogen (secondary N) is 1. The first kappa shape index (κ1) is 19.0. The van der Waals surface area contributed by atoms with Crippen molar-refractivity contribution in [2.24, 2.45) is 0 Å². The van der Waals surface area contributed by atoms with Crippen LogP contribution in [0.2, 0.25) is 5.02 Å². The lowest BCUT2D eigenvalue weighted by Crippen LogP contribution is -2.10. The molecule has 4 heteroatoms. The van der Waals surface area contributed by atoms with Crippen LogP contribution in [0.15, 0.2) is 53.0 Å². The van der Waals surface area contributed by atoms with Crippen LogP contribution in [-0.4, -0.2) is 5.91 Å². The molecule has 27 heavy (non-hydrogen) atoms. The van der Waals surface area contributed by atoms with Crippen molar-refractivity contribution in [1.29, 1.82) is 0 Å². The summed E-state index contributed by atoms with van der Waals surface area (Å²) < 4.78 is 5.80. The van der Waals surface area contributed by atoms with Gasteiger partial charge in [0.15, 0.2) is 0 Å². The van der Waals surface area contributed by atoms with Crippen molar-refractivity contribution >= 4 is 29.3 Å².